The van der Waals surface area contributed by atoms with E-state index >= 15 is 0 Å². The second-order valence-electron chi connectivity index (χ2n) is 4.03. The fraction of sp³-hybridized carbons (Fsp3) is 0.909. The van der Waals surface area contributed by atoms with Gasteiger partial charge >= 0.3 is 5.97 Å². The highest BCUT2D eigenvalue weighted by Gasteiger charge is 2.24. The molecule has 0 amide bonds. The number of methoxy groups -OCH3 is 1. The lowest BCUT2D eigenvalue weighted by Gasteiger charge is -2.27. The molecule has 0 spiro atoms. The van der Waals surface area contributed by atoms with Crippen LogP contribution in [0.2, 0.25) is 0 Å². The molecule has 1 saturated carbocycles. The first-order valence-corrected chi connectivity index (χ1v) is 5.64. The van der Waals surface area contributed by atoms with Crippen molar-refractivity contribution >= 4 is 5.97 Å². The molecule has 0 bridgehead atoms. The molecule has 0 aromatic heterocycles. The molecule has 1 aliphatic carbocycles. The Balaban J connectivity index is 2.40. The number of nitrogens with zero attached hydrogens (tertiary/aromatic N) is 1. The van der Waals surface area contributed by atoms with Crippen molar-refractivity contribution < 1.29 is 13.9 Å². The molecule has 88 valence electrons. The SMILES string of the molecule is COC(=O)CN(CCCF)C1CCCC1. The smallest absolute Gasteiger partial charge is 0.319 e. The van der Waals surface area contributed by atoms with Crippen molar-refractivity contribution in [3.8, 4) is 0 Å². The van der Waals surface area contributed by atoms with E-state index in [1.54, 1.807) is 0 Å². The Hall–Kier alpha value is -0.640. The standard InChI is InChI=1S/C11H20FNO2/c1-15-11(14)9-13(8-4-7-12)10-5-2-3-6-10/h10H,2-9H2,1H3. The monoisotopic (exact) mass is 217 g/mol. The van der Waals surface area contributed by atoms with Gasteiger partial charge in [0, 0.05) is 12.6 Å². The number of hydrogen-bond donors (Lipinski definition) is 0. The summed E-state index contributed by atoms with van der Waals surface area (Å²) in [6, 6.07) is 0.454. The Morgan fingerprint density at radius 2 is 2.13 bits per heavy atom. The second kappa shape index (κ2) is 6.77. The van der Waals surface area contributed by atoms with Gasteiger partial charge in [0.25, 0.3) is 0 Å². The summed E-state index contributed by atoms with van der Waals surface area (Å²) in [5.41, 5.74) is 0. The fourth-order valence-corrected chi connectivity index (χ4v) is 2.15. The van der Waals surface area contributed by atoms with Crippen molar-refractivity contribution in [1.82, 2.24) is 4.90 Å². The van der Waals surface area contributed by atoms with Gasteiger partial charge in [-0.15, -0.1) is 0 Å². The molecule has 0 aromatic carbocycles. The first-order valence-electron chi connectivity index (χ1n) is 5.64. The predicted octanol–water partition coefficient (Wildman–Crippen LogP) is 1.76. The van der Waals surface area contributed by atoms with Crippen LogP contribution in [0, 0.1) is 0 Å². The molecular formula is C11H20FNO2. The maximum absolute atomic E-state index is 12.1. The van der Waals surface area contributed by atoms with E-state index in [0.717, 1.165) is 12.8 Å². The van der Waals surface area contributed by atoms with Gasteiger partial charge in [-0.1, -0.05) is 12.8 Å². The molecule has 4 heteroatoms. The lowest BCUT2D eigenvalue weighted by molar-refractivity contribution is -0.142. The predicted molar refractivity (Wildman–Crippen MR) is 56.4 cm³/mol. The zero-order valence-corrected chi connectivity index (χ0v) is 9.38. The lowest BCUT2D eigenvalue weighted by Crippen LogP contribution is -2.38. The summed E-state index contributed by atoms with van der Waals surface area (Å²) < 4.78 is 16.8. The number of rotatable bonds is 6. The maximum Gasteiger partial charge on any atom is 0.319 e. The Morgan fingerprint density at radius 3 is 2.67 bits per heavy atom. The number of halogens is 1. The summed E-state index contributed by atoms with van der Waals surface area (Å²) in [4.78, 5) is 13.3. The van der Waals surface area contributed by atoms with Crippen LogP contribution in [0.15, 0.2) is 0 Å². The zero-order chi connectivity index (χ0) is 11.1. The highest BCUT2D eigenvalue weighted by atomic mass is 19.1. The molecular weight excluding hydrogens is 197 g/mol. The maximum atomic E-state index is 12.1. The van der Waals surface area contributed by atoms with Crippen molar-refractivity contribution in [2.24, 2.45) is 0 Å². The minimum Gasteiger partial charge on any atom is -0.468 e. The van der Waals surface area contributed by atoms with E-state index in [-0.39, 0.29) is 12.6 Å². The molecule has 1 aliphatic rings. The highest BCUT2D eigenvalue weighted by Crippen LogP contribution is 2.23. The van der Waals surface area contributed by atoms with Gasteiger partial charge < -0.3 is 4.74 Å². The summed E-state index contributed by atoms with van der Waals surface area (Å²) in [5, 5.41) is 0. The zero-order valence-electron chi connectivity index (χ0n) is 9.38. The van der Waals surface area contributed by atoms with Crippen molar-refractivity contribution in [1.29, 1.82) is 0 Å². The molecule has 15 heavy (non-hydrogen) atoms. The summed E-state index contributed by atoms with van der Waals surface area (Å²) in [6.45, 7) is 0.655. The minimum absolute atomic E-state index is 0.222. The Kier molecular flexibility index (Phi) is 5.61. The fourth-order valence-electron chi connectivity index (χ4n) is 2.15. The van der Waals surface area contributed by atoms with Crippen LogP contribution in [0.4, 0.5) is 4.39 Å². The number of ether oxygens (including phenoxy) is 1. The number of carbonyl (C=O) groups is 1. The molecule has 0 saturated heterocycles. The average Bonchev–Trinajstić information content (AvgIpc) is 2.77. The van der Waals surface area contributed by atoms with Crippen LogP contribution in [0.5, 0.6) is 0 Å². The molecule has 0 N–H and O–H groups in total. The van der Waals surface area contributed by atoms with E-state index in [1.165, 1.54) is 20.0 Å². The van der Waals surface area contributed by atoms with Crippen LogP contribution in [-0.4, -0.2) is 43.8 Å². The van der Waals surface area contributed by atoms with E-state index in [9.17, 15) is 9.18 Å². The lowest BCUT2D eigenvalue weighted by atomic mass is 10.2. The molecule has 0 radical (unpaired) electrons. The van der Waals surface area contributed by atoms with Crippen molar-refractivity contribution in [3.63, 3.8) is 0 Å². The minimum atomic E-state index is -0.315. The van der Waals surface area contributed by atoms with E-state index in [4.69, 9.17) is 0 Å². The van der Waals surface area contributed by atoms with Gasteiger partial charge in [-0.05, 0) is 19.3 Å². The number of carbonyl (C=O) groups excluding carboxylic acids is 1. The van der Waals surface area contributed by atoms with Crippen LogP contribution in [0.25, 0.3) is 0 Å². The van der Waals surface area contributed by atoms with Crippen molar-refractivity contribution in [2.45, 2.75) is 38.1 Å². The molecule has 1 rings (SSSR count). The molecule has 0 unspecified atom stereocenters. The summed E-state index contributed by atoms with van der Waals surface area (Å²) >= 11 is 0. The summed E-state index contributed by atoms with van der Waals surface area (Å²) in [7, 11) is 1.39. The van der Waals surface area contributed by atoms with Crippen molar-refractivity contribution in [2.75, 3.05) is 26.9 Å². The quantitative estimate of drug-likeness (QED) is 0.635. The molecule has 0 aromatic rings. The van der Waals surface area contributed by atoms with E-state index in [0.29, 0.717) is 25.6 Å². The molecule has 3 nitrogen and oxygen atoms in total. The third-order valence-corrected chi connectivity index (χ3v) is 2.98. The van der Waals surface area contributed by atoms with Gasteiger partial charge in [-0.2, -0.15) is 0 Å². The van der Waals surface area contributed by atoms with E-state index in [2.05, 4.69) is 9.64 Å². The molecule has 0 heterocycles. The highest BCUT2D eigenvalue weighted by molar-refractivity contribution is 5.71. The van der Waals surface area contributed by atoms with Crippen LogP contribution in [0.1, 0.15) is 32.1 Å². The average molecular weight is 217 g/mol. The molecule has 0 aliphatic heterocycles. The Morgan fingerprint density at radius 1 is 1.47 bits per heavy atom. The van der Waals surface area contributed by atoms with Gasteiger partial charge in [0.1, 0.15) is 0 Å². The number of hydrogen-bond acceptors (Lipinski definition) is 3. The van der Waals surface area contributed by atoms with E-state index < -0.39 is 0 Å². The first kappa shape index (κ1) is 12.4. The van der Waals surface area contributed by atoms with Gasteiger partial charge in [0.05, 0.1) is 20.3 Å². The summed E-state index contributed by atoms with van der Waals surface area (Å²) in [6.07, 6.45) is 5.20. The van der Waals surface area contributed by atoms with Gasteiger partial charge in [0.2, 0.25) is 0 Å². The Bertz CT molecular complexity index is 193. The van der Waals surface area contributed by atoms with Crippen LogP contribution in [0.3, 0.4) is 0 Å². The third-order valence-electron chi connectivity index (χ3n) is 2.98. The number of esters is 1. The van der Waals surface area contributed by atoms with Gasteiger partial charge in [-0.3, -0.25) is 14.1 Å². The van der Waals surface area contributed by atoms with Crippen molar-refractivity contribution in [3.05, 3.63) is 0 Å². The topological polar surface area (TPSA) is 29.5 Å². The van der Waals surface area contributed by atoms with Crippen LogP contribution < -0.4 is 0 Å². The van der Waals surface area contributed by atoms with E-state index in [1.807, 2.05) is 0 Å². The normalized spacial score (nSPS) is 17.3. The first-order chi connectivity index (χ1) is 7.27. The van der Waals surface area contributed by atoms with Gasteiger partial charge in [0.15, 0.2) is 0 Å². The Labute approximate surface area is 90.6 Å². The summed E-state index contributed by atoms with van der Waals surface area (Å²) in [5.74, 6) is -0.222. The molecule has 1 fully saturated rings. The molecule has 0 atom stereocenters. The number of alkyl halides is 1. The second-order valence-corrected chi connectivity index (χ2v) is 4.03. The third kappa shape index (κ3) is 4.16. The van der Waals surface area contributed by atoms with Gasteiger partial charge in [-0.25, -0.2) is 0 Å². The van der Waals surface area contributed by atoms with Crippen LogP contribution >= 0.6 is 0 Å². The van der Waals surface area contributed by atoms with Crippen LogP contribution in [-0.2, 0) is 9.53 Å². The largest absolute Gasteiger partial charge is 0.468 e.